The van der Waals surface area contributed by atoms with E-state index in [-0.39, 0.29) is 10.7 Å². The summed E-state index contributed by atoms with van der Waals surface area (Å²) < 4.78 is 24.8. The molecule has 0 fully saturated rings. The van der Waals surface area contributed by atoms with Crippen LogP contribution in [0.1, 0.15) is 12.0 Å². The van der Waals surface area contributed by atoms with Gasteiger partial charge in [0.25, 0.3) is 0 Å². The van der Waals surface area contributed by atoms with Gasteiger partial charge in [0.2, 0.25) is 5.91 Å². The van der Waals surface area contributed by atoms with Crippen molar-refractivity contribution in [1.29, 1.82) is 0 Å². The van der Waals surface area contributed by atoms with Crippen LogP contribution in [0.4, 0.5) is 10.1 Å². The molecule has 130 valence electrons. The van der Waals surface area contributed by atoms with Crippen molar-refractivity contribution < 1.29 is 18.7 Å². The minimum atomic E-state index is -0.604. The number of nitrogens with one attached hydrogen (secondary N) is 1. The number of fused-ring (bicyclic) bond motifs is 1. The summed E-state index contributed by atoms with van der Waals surface area (Å²) in [7, 11) is 0. The Labute approximate surface area is 154 Å². The third kappa shape index (κ3) is 4.44. The molecule has 1 N–H and O–H groups in total. The monoisotopic (exact) mass is 381 g/mol. The van der Waals surface area contributed by atoms with Crippen molar-refractivity contribution in [3.8, 4) is 11.5 Å². The predicted molar refractivity (Wildman–Crippen MR) is 96.1 cm³/mol. The van der Waals surface area contributed by atoms with Gasteiger partial charge in [0.1, 0.15) is 5.82 Å². The fraction of sp³-hybridized carbons (Fsp3) is 0.167. The Kier molecular flexibility index (Phi) is 5.46. The van der Waals surface area contributed by atoms with E-state index in [1.54, 1.807) is 18.2 Å². The lowest BCUT2D eigenvalue weighted by molar-refractivity contribution is -0.111. The third-order valence-corrected chi connectivity index (χ3v) is 3.96. The summed E-state index contributed by atoms with van der Waals surface area (Å²) in [6.07, 6.45) is 3.61. The SMILES string of the molecule is O=C(/C=C/c1cc(Cl)c2c(c1)OCCCO2)Nc1ccc(Cl)cc1F. The van der Waals surface area contributed by atoms with Crippen LogP contribution in [-0.2, 0) is 4.79 Å². The number of ether oxygens (including phenoxy) is 2. The lowest BCUT2D eigenvalue weighted by Gasteiger charge is -2.10. The number of rotatable bonds is 3. The topological polar surface area (TPSA) is 47.6 Å². The fourth-order valence-electron chi connectivity index (χ4n) is 2.28. The lowest BCUT2D eigenvalue weighted by atomic mass is 10.2. The first-order valence-corrected chi connectivity index (χ1v) is 8.32. The van der Waals surface area contributed by atoms with Gasteiger partial charge in [-0.05, 0) is 42.0 Å². The summed E-state index contributed by atoms with van der Waals surface area (Å²) in [6.45, 7) is 1.07. The van der Waals surface area contributed by atoms with Crippen molar-refractivity contribution in [1.82, 2.24) is 0 Å². The van der Waals surface area contributed by atoms with Crippen LogP contribution in [0.2, 0.25) is 10.0 Å². The molecule has 1 aliphatic heterocycles. The molecular weight excluding hydrogens is 368 g/mol. The first kappa shape index (κ1) is 17.6. The van der Waals surface area contributed by atoms with Crippen LogP contribution in [0.15, 0.2) is 36.4 Å². The molecule has 0 aliphatic carbocycles. The maximum Gasteiger partial charge on any atom is 0.248 e. The molecule has 4 nitrogen and oxygen atoms in total. The lowest BCUT2D eigenvalue weighted by Crippen LogP contribution is -2.09. The quantitative estimate of drug-likeness (QED) is 0.765. The Balaban J connectivity index is 1.74. The largest absolute Gasteiger partial charge is 0.489 e. The highest BCUT2D eigenvalue weighted by Crippen LogP contribution is 2.38. The Bertz CT molecular complexity index is 839. The molecule has 0 spiro atoms. The Morgan fingerprint density at radius 1 is 1.16 bits per heavy atom. The number of halogens is 3. The summed E-state index contributed by atoms with van der Waals surface area (Å²) in [4.78, 5) is 12.0. The molecular formula is C18H14Cl2FNO3. The van der Waals surface area contributed by atoms with Gasteiger partial charge in [0.15, 0.2) is 11.5 Å². The van der Waals surface area contributed by atoms with Crippen molar-refractivity contribution in [3.05, 3.63) is 57.8 Å². The zero-order valence-corrected chi connectivity index (χ0v) is 14.5. The highest BCUT2D eigenvalue weighted by atomic mass is 35.5. The summed E-state index contributed by atoms with van der Waals surface area (Å²) in [6, 6.07) is 7.42. The second kappa shape index (κ2) is 7.76. The number of benzene rings is 2. The van der Waals surface area contributed by atoms with E-state index in [1.807, 2.05) is 0 Å². The summed E-state index contributed by atoms with van der Waals surface area (Å²) in [5, 5.41) is 3.11. The number of anilines is 1. The van der Waals surface area contributed by atoms with E-state index in [0.717, 1.165) is 12.5 Å². The van der Waals surface area contributed by atoms with Gasteiger partial charge in [0, 0.05) is 17.5 Å². The van der Waals surface area contributed by atoms with Crippen LogP contribution < -0.4 is 14.8 Å². The summed E-state index contributed by atoms with van der Waals surface area (Å²) in [5.74, 6) is -0.0462. The van der Waals surface area contributed by atoms with Gasteiger partial charge < -0.3 is 14.8 Å². The molecule has 2 aromatic rings. The molecule has 1 amide bonds. The second-order valence-electron chi connectivity index (χ2n) is 5.33. The molecule has 7 heteroatoms. The zero-order chi connectivity index (χ0) is 17.8. The number of carbonyl (C=O) groups excluding carboxylic acids is 1. The molecule has 3 rings (SSSR count). The molecule has 0 bridgehead atoms. The normalized spacial score (nSPS) is 13.6. The van der Waals surface area contributed by atoms with E-state index < -0.39 is 11.7 Å². The second-order valence-corrected chi connectivity index (χ2v) is 6.17. The Morgan fingerprint density at radius 3 is 2.76 bits per heavy atom. The fourth-order valence-corrected chi connectivity index (χ4v) is 2.72. The van der Waals surface area contributed by atoms with E-state index in [9.17, 15) is 9.18 Å². The van der Waals surface area contributed by atoms with Crippen LogP contribution in [0.5, 0.6) is 11.5 Å². The van der Waals surface area contributed by atoms with Crippen molar-refractivity contribution in [2.24, 2.45) is 0 Å². The van der Waals surface area contributed by atoms with Crippen LogP contribution >= 0.6 is 23.2 Å². The van der Waals surface area contributed by atoms with Gasteiger partial charge >= 0.3 is 0 Å². The van der Waals surface area contributed by atoms with E-state index in [1.165, 1.54) is 18.2 Å². The van der Waals surface area contributed by atoms with Crippen LogP contribution in [-0.4, -0.2) is 19.1 Å². The molecule has 25 heavy (non-hydrogen) atoms. The molecule has 0 saturated carbocycles. The maximum absolute atomic E-state index is 13.7. The zero-order valence-electron chi connectivity index (χ0n) is 13.0. The first-order valence-electron chi connectivity index (χ1n) is 7.56. The average molecular weight is 382 g/mol. The molecule has 0 atom stereocenters. The van der Waals surface area contributed by atoms with Crippen molar-refractivity contribution in [3.63, 3.8) is 0 Å². The van der Waals surface area contributed by atoms with E-state index in [2.05, 4.69) is 5.32 Å². The highest BCUT2D eigenvalue weighted by Gasteiger charge is 2.15. The number of amides is 1. The predicted octanol–water partition coefficient (Wildman–Crippen LogP) is 4.95. The molecule has 0 saturated heterocycles. The molecule has 1 aliphatic rings. The van der Waals surface area contributed by atoms with Crippen molar-refractivity contribution in [2.45, 2.75) is 6.42 Å². The Morgan fingerprint density at radius 2 is 1.96 bits per heavy atom. The molecule has 0 unspecified atom stereocenters. The maximum atomic E-state index is 13.7. The van der Waals surface area contributed by atoms with Gasteiger partial charge in [-0.2, -0.15) is 0 Å². The van der Waals surface area contributed by atoms with E-state index in [4.69, 9.17) is 32.7 Å². The van der Waals surface area contributed by atoms with E-state index >= 15 is 0 Å². The third-order valence-electron chi connectivity index (χ3n) is 3.44. The van der Waals surface area contributed by atoms with Gasteiger partial charge in [0.05, 0.1) is 23.9 Å². The molecule has 0 radical (unpaired) electrons. The first-order chi connectivity index (χ1) is 12.0. The van der Waals surface area contributed by atoms with Crippen molar-refractivity contribution in [2.75, 3.05) is 18.5 Å². The molecule has 2 aromatic carbocycles. The smallest absolute Gasteiger partial charge is 0.248 e. The van der Waals surface area contributed by atoms with Gasteiger partial charge in [-0.25, -0.2) is 4.39 Å². The molecule has 1 heterocycles. The minimum Gasteiger partial charge on any atom is -0.489 e. The average Bonchev–Trinajstić information content (AvgIpc) is 2.81. The van der Waals surface area contributed by atoms with Crippen LogP contribution in [0.25, 0.3) is 6.08 Å². The van der Waals surface area contributed by atoms with Crippen molar-refractivity contribution >= 4 is 40.9 Å². The number of hydrogen-bond acceptors (Lipinski definition) is 3. The number of carbonyl (C=O) groups is 1. The molecule has 0 aromatic heterocycles. The van der Waals surface area contributed by atoms with Gasteiger partial charge in [-0.15, -0.1) is 0 Å². The van der Waals surface area contributed by atoms with Gasteiger partial charge in [-0.3, -0.25) is 4.79 Å². The minimum absolute atomic E-state index is 0.0516. The standard InChI is InChI=1S/C18H14Cl2FNO3/c19-12-3-4-15(14(21)10-12)22-17(23)5-2-11-8-13(20)18-16(9-11)24-6-1-7-25-18/h2-5,8-10H,1,6-7H2,(H,22,23)/b5-2+. The van der Waals surface area contributed by atoms with E-state index in [0.29, 0.717) is 35.3 Å². The summed E-state index contributed by atoms with van der Waals surface area (Å²) in [5.41, 5.74) is 0.719. The van der Waals surface area contributed by atoms with Crippen LogP contribution in [0, 0.1) is 5.82 Å². The highest BCUT2D eigenvalue weighted by molar-refractivity contribution is 6.32. The van der Waals surface area contributed by atoms with Crippen LogP contribution in [0.3, 0.4) is 0 Å². The van der Waals surface area contributed by atoms with Gasteiger partial charge in [-0.1, -0.05) is 23.2 Å². The Hall–Kier alpha value is -2.24. The number of hydrogen-bond donors (Lipinski definition) is 1. The summed E-state index contributed by atoms with van der Waals surface area (Å²) >= 11 is 11.9.